The average molecular weight is 206 g/mol. The number of rotatable bonds is 5. The smallest absolute Gasteiger partial charge is 0.318 e. The number of nitrogens with two attached hydrogens (primary N) is 1. The van der Waals surface area contributed by atoms with Crippen LogP contribution in [0.15, 0.2) is 0 Å². The van der Waals surface area contributed by atoms with E-state index < -0.39 is 11.9 Å². The molecule has 0 spiro atoms. The first-order valence-electron chi connectivity index (χ1n) is 3.84. The van der Waals surface area contributed by atoms with Crippen molar-refractivity contribution in [3.63, 3.8) is 0 Å². The highest BCUT2D eigenvalue weighted by Crippen LogP contribution is 2.06. The minimum absolute atomic E-state index is 0.102. The van der Waals surface area contributed by atoms with Gasteiger partial charge in [-0.15, -0.1) is 0 Å². The van der Waals surface area contributed by atoms with Crippen LogP contribution < -0.4 is 11.1 Å². The number of urea groups is 1. The number of amides is 3. The van der Waals surface area contributed by atoms with Gasteiger partial charge in [0.05, 0.1) is 5.75 Å². The largest absolute Gasteiger partial charge is 0.396 e. The number of carbonyl (C=O) groups is 2. The Morgan fingerprint density at radius 1 is 1.62 bits per heavy atom. The Bertz CT molecular complexity index is 187. The van der Waals surface area contributed by atoms with E-state index in [-0.39, 0.29) is 18.3 Å². The van der Waals surface area contributed by atoms with E-state index in [1.165, 1.54) is 11.8 Å². The molecule has 0 aromatic heterocycles. The summed E-state index contributed by atoms with van der Waals surface area (Å²) in [6.45, 7) is 1.98. The maximum absolute atomic E-state index is 10.8. The zero-order valence-electron chi connectivity index (χ0n) is 7.45. The van der Waals surface area contributed by atoms with Gasteiger partial charge in [0, 0.05) is 6.61 Å². The van der Waals surface area contributed by atoms with Crippen LogP contribution in [0.25, 0.3) is 0 Å². The standard InChI is InChI=1S/C7H14N2O3S/c1-5(2-10)3-13-4-6(11)9-7(8)12/h5,10H,2-4H2,1H3,(H3,8,9,11,12). The summed E-state index contributed by atoms with van der Waals surface area (Å²) in [5, 5.41) is 10.6. The Balaban J connectivity index is 3.42. The first kappa shape index (κ1) is 12.2. The summed E-state index contributed by atoms with van der Waals surface area (Å²) in [5.74, 6) is 0.629. The normalized spacial score (nSPS) is 12.2. The van der Waals surface area contributed by atoms with Crippen LogP contribution in [0.5, 0.6) is 0 Å². The van der Waals surface area contributed by atoms with Crippen LogP contribution in [0.2, 0.25) is 0 Å². The predicted molar refractivity (Wildman–Crippen MR) is 51.3 cm³/mol. The molecule has 6 heteroatoms. The van der Waals surface area contributed by atoms with Crippen molar-refractivity contribution in [2.45, 2.75) is 6.92 Å². The highest BCUT2D eigenvalue weighted by molar-refractivity contribution is 7.99. The summed E-state index contributed by atoms with van der Waals surface area (Å²) < 4.78 is 0. The van der Waals surface area contributed by atoms with Crippen molar-refractivity contribution in [2.75, 3.05) is 18.1 Å². The maximum Gasteiger partial charge on any atom is 0.318 e. The molecule has 76 valence electrons. The number of thioether (sulfide) groups is 1. The lowest BCUT2D eigenvalue weighted by molar-refractivity contribution is -0.117. The highest BCUT2D eigenvalue weighted by atomic mass is 32.2. The zero-order valence-corrected chi connectivity index (χ0v) is 8.26. The molecule has 13 heavy (non-hydrogen) atoms. The molecule has 4 N–H and O–H groups in total. The van der Waals surface area contributed by atoms with E-state index in [1.807, 2.05) is 12.2 Å². The summed E-state index contributed by atoms with van der Waals surface area (Å²) in [6, 6.07) is -0.833. The van der Waals surface area contributed by atoms with E-state index in [0.717, 1.165) is 0 Å². The van der Waals surface area contributed by atoms with Crippen molar-refractivity contribution in [1.82, 2.24) is 5.32 Å². The molecule has 0 aliphatic carbocycles. The van der Waals surface area contributed by atoms with E-state index in [4.69, 9.17) is 10.8 Å². The van der Waals surface area contributed by atoms with E-state index in [2.05, 4.69) is 0 Å². The summed E-state index contributed by atoms with van der Waals surface area (Å²) in [4.78, 5) is 21.0. The molecule has 1 atom stereocenters. The second-order valence-electron chi connectivity index (χ2n) is 2.72. The number of primary amides is 1. The van der Waals surface area contributed by atoms with Crippen LogP contribution in [0.1, 0.15) is 6.92 Å². The summed E-state index contributed by atoms with van der Waals surface area (Å²) in [7, 11) is 0. The molecule has 5 nitrogen and oxygen atoms in total. The van der Waals surface area contributed by atoms with Gasteiger partial charge < -0.3 is 10.8 Å². The average Bonchev–Trinajstić information content (AvgIpc) is 2.02. The van der Waals surface area contributed by atoms with Crippen molar-refractivity contribution < 1.29 is 14.7 Å². The van der Waals surface area contributed by atoms with Crippen molar-refractivity contribution >= 4 is 23.7 Å². The molecule has 0 heterocycles. The number of aliphatic hydroxyl groups excluding tert-OH is 1. The second-order valence-corrected chi connectivity index (χ2v) is 3.75. The van der Waals surface area contributed by atoms with Crippen LogP contribution in [-0.4, -0.2) is 35.2 Å². The summed E-state index contributed by atoms with van der Waals surface area (Å²) in [5.41, 5.74) is 4.73. The third-order valence-electron chi connectivity index (χ3n) is 1.21. The van der Waals surface area contributed by atoms with Gasteiger partial charge in [0.2, 0.25) is 5.91 Å². The van der Waals surface area contributed by atoms with Gasteiger partial charge in [-0.3, -0.25) is 10.1 Å². The number of nitrogens with one attached hydrogen (secondary N) is 1. The minimum atomic E-state index is -0.833. The Hall–Kier alpha value is -0.750. The number of hydrogen-bond acceptors (Lipinski definition) is 4. The molecule has 0 fully saturated rings. The third kappa shape index (κ3) is 7.61. The molecule has 0 radical (unpaired) electrons. The minimum Gasteiger partial charge on any atom is -0.396 e. The number of imide groups is 1. The van der Waals surface area contributed by atoms with Gasteiger partial charge >= 0.3 is 6.03 Å². The summed E-state index contributed by atoms with van der Waals surface area (Å²) in [6.07, 6.45) is 0. The van der Waals surface area contributed by atoms with Gasteiger partial charge in [-0.1, -0.05) is 6.92 Å². The van der Waals surface area contributed by atoms with Gasteiger partial charge in [0.15, 0.2) is 0 Å². The van der Waals surface area contributed by atoms with E-state index in [1.54, 1.807) is 0 Å². The van der Waals surface area contributed by atoms with Gasteiger partial charge in [-0.25, -0.2) is 4.79 Å². The lowest BCUT2D eigenvalue weighted by Gasteiger charge is -2.05. The van der Waals surface area contributed by atoms with Crippen LogP contribution in [-0.2, 0) is 4.79 Å². The molecule has 0 saturated carbocycles. The molecule has 0 rings (SSSR count). The molecule has 3 amide bonds. The molecule has 0 aliphatic heterocycles. The van der Waals surface area contributed by atoms with E-state index in [9.17, 15) is 9.59 Å². The fourth-order valence-electron chi connectivity index (χ4n) is 0.579. The van der Waals surface area contributed by atoms with Gasteiger partial charge in [0.1, 0.15) is 0 Å². The van der Waals surface area contributed by atoms with Crippen LogP contribution in [0.4, 0.5) is 4.79 Å². The second kappa shape index (κ2) is 6.73. The Morgan fingerprint density at radius 2 is 2.23 bits per heavy atom. The molecular formula is C7H14N2O3S. The van der Waals surface area contributed by atoms with Crippen molar-refractivity contribution in [3.8, 4) is 0 Å². The lowest BCUT2D eigenvalue weighted by atomic mass is 10.2. The summed E-state index contributed by atoms with van der Waals surface area (Å²) >= 11 is 1.36. The van der Waals surface area contributed by atoms with Crippen LogP contribution >= 0.6 is 11.8 Å². The maximum atomic E-state index is 10.8. The predicted octanol–water partition coefficient (Wildman–Crippen LogP) is -0.457. The first-order valence-corrected chi connectivity index (χ1v) is 4.99. The third-order valence-corrected chi connectivity index (χ3v) is 2.48. The molecule has 0 saturated heterocycles. The van der Waals surface area contributed by atoms with Crippen molar-refractivity contribution in [2.24, 2.45) is 11.7 Å². The first-order chi connectivity index (χ1) is 6.06. The molecule has 0 aliphatic rings. The molecule has 0 aromatic rings. The number of hydrogen-bond donors (Lipinski definition) is 3. The number of carbonyl (C=O) groups excluding carboxylic acids is 2. The zero-order chi connectivity index (χ0) is 10.3. The molecular weight excluding hydrogens is 192 g/mol. The Kier molecular flexibility index (Phi) is 6.34. The SMILES string of the molecule is CC(CO)CSCC(=O)NC(N)=O. The fraction of sp³-hybridized carbons (Fsp3) is 0.714. The van der Waals surface area contributed by atoms with Crippen molar-refractivity contribution in [3.05, 3.63) is 0 Å². The number of aliphatic hydroxyl groups is 1. The highest BCUT2D eigenvalue weighted by Gasteiger charge is 2.05. The lowest BCUT2D eigenvalue weighted by Crippen LogP contribution is -2.36. The fourth-order valence-corrected chi connectivity index (χ4v) is 1.46. The quantitative estimate of drug-likeness (QED) is 0.567. The van der Waals surface area contributed by atoms with Crippen LogP contribution in [0, 0.1) is 5.92 Å². The monoisotopic (exact) mass is 206 g/mol. The van der Waals surface area contributed by atoms with Crippen LogP contribution in [0.3, 0.4) is 0 Å². The van der Waals surface area contributed by atoms with Gasteiger partial charge in [-0.05, 0) is 11.7 Å². The topological polar surface area (TPSA) is 92.4 Å². The Labute approximate surface area is 81.1 Å². The van der Waals surface area contributed by atoms with Gasteiger partial charge in [0.25, 0.3) is 0 Å². The Morgan fingerprint density at radius 3 is 2.69 bits per heavy atom. The van der Waals surface area contributed by atoms with E-state index >= 15 is 0 Å². The van der Waals surface area contributed by atoms with E-state index in [0.29, 0.717) is 5.75 Å². The molecule has 0 aromatic carbocycles. The molecule has 1 unspecified atom stereocenters. The van der Waals surface area contributed by atoms with Crippen molar-refractivity contribution in [1.29, 1.82) is 0 Å². The van der Waals surface area contributed by atoms with Gasteiger partial charge in [-0.2, -0.15) is 11.8 Å². The molecule has 0 bridgehead atoms.